The zero-order valence-corrected chi connectivity index (χ0v) is 8.21. The van der Waals surface area contributed by atoms with Gasteiger partial charge in [0.1, 0.15) is 12.0 Å². The van der Waals surface area contributed by atoms with Crippen molar-refractivity contribution in [1.82, 2.24) is 0 Å². The lowest BCUT2D eigenvalue weighted by molar-refractivity contribution is -0.137. The van der Waals surface area contributed by atoms with Crippen LogP contribution in [-0.2, 0) is 14.3 Å². The third kappa shape index (κ3) is 3.97. The number of hydrogen-bond donors (Lipinski definition) is 0. The molecule has 0 unspecified atom stereocenters. The fraction of sp³-hybridized carbons (Fsp3) is 0.700. The first-order valence-corrected chi connectivity index (χ1v) is 4.69. The van der Waals surface area contributed by atoms with Gasteiger partial charge in [0.05, 0.1) is 6.10 Å². The molecule has 3 nitrogen and oxygen atoms in total. The second-order valence-electron chi connectivity index (χ2n) is 3.36. The van der Waals surface area contributed by atoms with E-state index in [2.05, 4.69) is 0 Å². The molecule has 0 radical (unpaired) electrons. The number of esters is 1. The van der Waals surface area contributed by atoms with E-state index in [1.807, 2.05) is 0 Å². The third-order valence-electron chi connectivity index (χ3n) is 2.03. The molecule has 0 aromatic heterocycles. The quantitative estimate of drug-likeness (QED) is 0.499. The Kier molecular flexibility index (Phi) is 3.80. The average Bonchev–Trinajstić information content (AvgIpc) is 2.51. The largest absolute Gasteiger partial charge is 0.495 e. The molecule has 0 heterocycles. The summed E-state index contributed by atoms with van der Waals surface area (Å²) in [4.78, 5) is 10.5. The number of ether oxygens (including phenoxy) is 2. The molecule has 0 amide bonds. The molecule has 0 bridgehead atoms. The summed E-state index contributed by atoms with van der Waals surface area (Å²) in [7, 11) is 0. The van der Waals surface area contributed by atoms with Crippen molar-refractivity contribution >= 4 is 5.97 Å². The van der Waals surface area contributed by atoms with Gasteiger partial charge in [-0.2, -0.15) is 0 Å². The van der Waals surface area contributed by atoms with Crippen molar-refractivity contribution < 1.29 is 14.3 Å². The zero-order chi connectivity index (χ0) is 9.68. The number of rotatable bonds is 3. The summed E-state index contributed by atoms with van der Waals surface area (Å²) in [5.74, 6) is 0.225. The highest BCUT2D eigenvalue weighted by Crippen LogP contribution is 2.21. The molecule has 0 aromatic carbocycles. The van der Waals surface area contributed by atoms with Gasteiger partial charge in [0.15, 0.2) is 0 Å². The highest BCUT2D eigenvalue weighted by Gasteiger charge is 2.14. The van der Waals surface area contributed by atoms with Crippen LogP contribution in [0, 0.1) is 0 Å². The molecular formula is C10H16O3. The van der Waals surface area contributed by atoms with Crippen molar-refractivity contribution in [3.8, 4) is 0 Å². The van der Waals surface area contributed by atoms with Crippen LogP contribution in [0.4, 0.5) is 0 Å². The molecule has 1 saturated carbocycles. The summed E-state index contributed by atoms with van der Waals surface area (Å²) in [6.07, 6.45) is 6.58. The Morgan fingerprint density at radius 2 is 1.92 bits per heavy atom. The van der Waals surface area contributed by atoms with Crippen molar-refractivity contribution in [2.75, 3.05) is 0 Å². The summed E-state index contributed by atoms with van der Waals surface area (Å²) in [5, 5.41) is 0. The maximum atomic E-state index is 10.5. The van der Waals surface area contributed by atoms with Gasteiger partial charge in [-0.15, -0.1) is 0 Å². The van der Waals surface area contributed by atoms with Crippen LogP contribution in [0.5, 0.6) is 0 Å². The van der Waals surface area contributed by atoms with Crippen LogP contribution in [-0.4, -0.2) is 12.1 Å². The fourth-order valence-electron chi connectivity index (χ4n) is 1.47. The first-order valence-electron chi connectivity index (χ1n) is 4.69. The van der Waals surface area contributed by atoms with E-state index in [0.717, 1.165) is 12.8 Å². The highest BCUT2D eigenvalue weighted by molar-refractivity contribution is 5.67. The minimum absolute atomic E-state index is 0.302. The Hall–Kier alpha value is -0.990. The Morgan fingerprint density at radius 1 is 1.31 bits per heavy atom. The molecular weight excluding hydrogens is 168 g/mol. The van der Waals surface area contributed by atoms with Crippen LogP contribution >= 0.6 is 0 Å². The van der Waals surface area contributed by atoms with E-state index in [9.17, 15) is 4.79 Å². The summed E-state index contributed by atoms with van der Waals surface area (Å²) >= 11 is 0. The van der Waals surface area contributed by atoms with Crippen molar-refractivity contribution in [2.24, 2.45) is 0 Å². The predicted octanol–water partition coefficient (Wildman–Crippen LogP) is 2.37. The lowest BCUT2D eigenvalue weighted by Crippen LogP contribution is -2.04. The molecule has 74 valence electrons. The summed E-state index contributed by atoms with van der Waals surface area (Å²) < 4.78 is 10.2. The first kappa shape index (κ1) is 10.1. The normalized spacial score (nSPS) is 18.8. The lowest BCUT2D eigenvalue weighted by atomic mass is 10.3. The lowest BCUT2D eigenvalue weighted by Gasteiger charge is -2.09. The van der Waals surface area contributed by atoms with E-state index >= 15 is 0 Å². The van der Waals surface area contributed by atoms with Crippen LogP contribution in [0.1, 0.15) is 39.5 Å². The Labute approximate surface area is 78.7 Å². The number of allylic oxidation sites excluding steroid dienone is 1. The van der Waals surface area contributed by atoms with Gasteiger partial charge >= 0.3 is 5.97 Å². The smallest absolute Gasteiger partial charge is 0.307 e. The van der Waals surface area contributed by atoms with E-state index in [-0.39, 0.29) is 5.97 Å². The molecule has 3 heteroatoms. The SMILES string of the molecule is CC(=O)O/C(C)=C/OC1CCCC1. The van der Waals surface area contributed by atoms with Gasteiger partial charge in [0.25, 0.3) is 0 Å². The first-order chi connectivity index (χ1) is 6.18. The maximum absolute atomic E-state index is 10.5. The van der Waals surface area contributed by atoms with E-state index in [1.165, 1.54) is 26.0 Å². The van der Waals surface area contributed by atoms with E-state index < -0.39 is 0 Å². The van der Waals surface area contributed by atoms with Crippen LogP contribution in [0.25, 0.3) is 0 Å². The second kappa shape index (κ2) is 4.90. The molecule has 0 N–H and O–H groups in total. The van der Waals surface area contributed by atoms with Gasteiger partial charge in [0.2, 0.25) is 0 Å². The van der Waals surface area contributed by atoms with Gasteiger partial charge in [0, 0.05) is 6.92 Å². The second-order valence-corrected chi connectivity index (χ2v) is 3.36. The van der Waals surface area contributed by atoms with Gasteiger partial charge in [-0.3, -0.25) is 4.79 Å². The van der Waals surface area contributed by atoms with E-state index in [1.54, 1.807) is 6.92 Å². The van der Waals surface area contributed by atoms with Crippen LogP contribution in [0.2, 0.25) is 0 Å². The van der Waals surface area contributed by atoms with Gasteiger partial charge in [-0.1, -0.05) is 0 Å². The number of carbonyl (C=O) groups excluding carboxylic acids is 1. The Balaban J connectivity index is 2.24. The molecule has 0 atom stereocenters. The number of carbonyl (C=O) groups is 1. The molecule has 0 aromatic rings. The third-order valence-corrected chi connectivity index (χ3v) is 2.03. The molecule has 0 saturated heterocycles. The number of hydrogen-bond acceptors (Lipinski definition) is 3. The summed E-state index contributed by atoms with van der Waals surface area (Å²) in [6.45, 7) is 3.10. The standard InChI is InChI=1S/C10H16O3/c1-8(13-9(2)11)7-12-10-5-3-4-6-10/h7,10H,3-6H2,1-2H3/b8-7+. The van der Waals surface area contributed by atoms with Crippen LogP contribution in [0.15, 0.2) is 12.0 Å². The molecule has 13 heavy (non-hydrogen) atoms. The average molecular weight is 184 g/mol. The molecule has 0 spiro atoms. The molecule has 1 aliphatic rings. The van der Waals surface area contributed by atoms with Crippen molar-refractivity contribution in [2.45, 2.75) is 45.6 Å². The minimum Gasteiger partial charge on any atom is -0.495 e. The highest BCUT2D eigenvalue weighted by atomic mass is 16.6. The fourth-order valence-corrected chi connectivity index (χ4v) is 1.47. The van der Waals surface area contributed by atoms with Crippen molar-refractivity contribution in [1.29, 1.82) is 0 Å². The molecule has 0 aliphatic heterocycles. The Bertz CT molecular complexity index is 202. The molecule has 1 rings (SSSR count). The van der Waals surface area contributed by atoms with Crippen LogP contribution < -0.4 is 0 Å². The van der Waals surface area contributed by atoms with E-state index in [4.69, 9.17) is 9.47 Å². The topological polar surface area (TPSA) is 35.5 Å². The van der Waals surface area contributed by atoms with Crippen LogP contribution in [0.3, 0.4) is 0 Å². The zero-order valence-electron chi connectivity index (χ0n) is 8.21. The van der Waals surface area contributed by atoms with Gasteiger partial charge < -0.3 is 9.47 Å². The monoisotopic (exact) mass is 184 g/mol. The predicted molar refractivity (Wildman–Crippen MR) is 48.9 cm³/mol. The summed E-state index contributed by atoms with van der Waals surface area (Å²) in [6, 6.07) is 0. The summed E-state index contributed by atoms with van der Waals surface area (Å²) in [5.41, 5.74) is 0. The van der Waals surface area contributed by atoms with E-state index in [0.29, 0.717) is 11.9 Å². The molecule has 1 aliphatic carbocycles. The van der Waals surface area contributed by atoms with Crippen molar-refractivity contribution in [3.05, 3.63) is 12.0 Å². The van der Waals surface area contributed by atoms with Crippen molar-refractivity contribution in [3.63, 3.8) is 0 Å². The maximum Gasteiger partial charge on any atom is 0.307 e. The molecule has 1 fully saturated rings. The minimum atomic E-state index is -0.302. The van der Waals surface area contributed by atoms with Gasteiger partial charge in [-0.25, -0.2) is 0 Å². The Morgan fingerprint density at radius 3 is 2.46 bits per heavy atom. The van der Waals surface area contributed by atoms with Gasteiger partial charge in [-0.05, 0) is 32.6 Å².